The number of hydrogen-bond donors (Lipinski definition) is 2. The van der Waals surface area contributed by atoms with Gasteiger partial charge in [-0.2, -0.15) is 0 Å². The van der Waals surface area contributed by atoms with Crippen molar-refractivity contribution in [2.45, 2.75) is 45.8 Å². The largest absolute Gasteiger partial charge is 0.391 e. The van der Waals surface area contributed by atoms with Crippen LogP contribution in [0.25, 0.3) is 0 Å². The van der Waals surface area contributed by atoms with Gasteiger partial charge in [-0.1, -0.05) is 43.7 Å². The Hall–Kier alpha value is -0.860. The Morgan fingerprint density at radius 3 is 2.50 bits per heavy atom. The standard InChI is InChI=1S/C14H23NO/c1-10(2)7-8-13(16)14(15)12-6-4-5-11(3)9-12/h4-6,9-10,13-14,16H,7-8,15H2,1-3H3/t13-,14+/m1/s1. The number of aliphatic hydroxyl groups excluding tert-OH is 1. The lowest BCUT2D eigenvalue weighted by Gasteiger charge is -2.20. The molecule has 0 unspecified atom stereocenters. The van der Waals surface area contributed by atoms with E-state index in [1.54, 1.807) is 0 Å². The molecule has 0 radical (unpaired) electrons. The summed E-state index contributed by atoms with van der Waals surface area (Å²) in [6.45, 7) is 6.35. The first kappa shape index (κ1) is 13.2. The molecule has 0 aliphatic carbocycles. The van der Waals surface area contributed by atoms with Crippen LogP contribution in [0, 0.1) is 12.8 Å². The monoisotopic (exact) mass is 221 g/mol. The van der Waals surface area contributed by atoms with Crippen molar-refractivity contribution >= 4 is 0 Å². The van der Waals surface area contributed by atoms with Crippen LogP contribution >= 0.6 is 0 Å². The van der Waals surface area contributed by atoms with Crippen molar-refractivity contribution in [2.24, 2.45) is 11.7 Å². The van der Waals surface area contributed by atoms with Crippen LogP contribution in [0.3, 0.4) is 0 Å². The summed E-state index contributed by atoms with van der Waals surface area (Å²) < 4.78 is 0. The molecule has 1 rings (SSSR count). The van der Waals surface area contributed by atoms with Crippen molar-refractivity contribution < 1.29 is 5.11 Å². The number of benzene rings is 1. The molecule has 0 fully saturated rings. The van der Waals surface area contributed by atoms with Crippen LogP contribution in [0.2, 0.25) is 0 Å². The van der Waals surface area contributed by atoms with Crippen molar-refractivity contribution in [3.05, 3.63) is 35.4 Å². The molecular weight excluding hydrogens is 198 g/mol. The topological polar surface area (TPSA) is 46.2 Å². The molecular formula is C14H23NO. The van der Waals surface area contributed by atoms with Crippen LogP contribution in [-0.2, 0) is 0 Å². The lowest BCUT2D eigenvalue weighted by Crippen LogP contribution is -2.26. The zero-order valence-electron chi connectivity index (χ0n) is 10.5. The van der Waals surface area contributed by atoms with Gasteiger partial charge < -0.3 is 10.8 Å². The third-order valence-electron chi connectivity index (χ3n) is 2.88. The lowest BCUT2D eigenvalue weighted by atomic mass is 9.95. The predicted octanol–water partition coefficient (Wildman–Crippen LogP) is 2.79. The molecule has 1 aromatic carbocycles. The van der Waals surface area contributed by atoms with Crippen LogP contribution in [0.5, 0.6) is 0 Å². The highest BCUT2D eigenvalue weighted by molar-refractivity contribution is 5.25. The molecule has 0 aromatic heterocycles. The molecule has 16 heavy (non-hydrogen) atoms. The minimum absolute atomic E-state index is 0.265. The van der Waals surface area contributed by atoms with Crippen LogP contribution < -0.4 is 5.73 Å². The lowest BCUT2D eigenvalue weighted by molar-refractivity contribution is 0.128. The molecule has 0 heterocycles. The van der Waals surface area contributed by atoms with Crippen LogP contribution in [0.1, 0.15) is 43.9 Å². The van der Waals surface area contributed by atoms with E-state index in [0.717, 1.165) is 18.4 Å². The van der Waals surface area contributed by atoms with E-state index in [-0.39, 0.29) is 6.04 Å². The van der Waals surface area contributed by atoms with Crippen molar-refractivity contribution in [1.29, 1.82) is 0 Å². The summed E-state index contributed by atoms with van der Waals surface area (Å²) in [5, 5.41) is 9.99. The Bertz CT molecular complexity index is 322. The molecule has 2 heteroatoms. The maximum absolute atomic E-state index is 9.99. The van der Waals surface area contributed by atoms with Gasteiger partial charge in [-0.05, 0) is 31.2 Å². The Morgan fingerprint density at radius 1 is 1.25 bits per heavy atom. The fourth-order valence-electron chi connectivity index (χ4n) is 1.78. The fraction of sp³-hybridized carbons (Fsp3) is 0.571. The average molecular weight is 221 g/mol. The van der Waals surface area contributed by atoms with Gasteiger partial charge in [0.1, 0.15) is 0 Å². The van der Waals surface area contributed by atoms with E-state index in [1.807, 2.05) is 31.2 Å². The summed E-state index contributed by atoms with van der Waals surface area (Å²) in [6, 6.07) is 7.79. The molecule has 0 amide bonds. The van der Waals surface area contributed by atoms with E-state index in [1.165, 1.54) is 5.56 Å². The zero-order valence-corrected chi connectivity index (χ0v) is 10.5. The summed E-state index contributed by atoms with van der Waals surface area (Å²) in [6.07, 6.45) is 1.34. The third kappa shape index (κ3) is 3.95. The van der Waals surface area contributed by atoms with Gasteiger partial charge in [-0.3, -0.25) is 0 Å². The molecule has 0 spiro atoms. The van der Waals surface area contributed by atoms with Crippen LogP contribution in [0.4, 0.5) is 0 Å². The number of aliphatic hydroxyl groups is 1. The second-order valence-electron chi connectivity index (χ2n) is 4.98. The highest BCUT2D eigenvalue weighted by atomic mass is 16.3. The predicted molar refractivity (Wildman–Crippen MR) is 68.2 cm³/mol. The maximum Gasteiger partial charge on any atom is 0.0732 e. The highest BCUT2D eigenvalue weighted by Gasteiger charge is 2.16. The molecule has 0 saturated carbocycles. The first-order valence-corrected chi connectivity index (χ1v) is 6.01. The molecule has 0 aliphatic rings. The number of aryl methyl sites for hydroxylation is 1. The van der Waals surface area contributed by atoms with Gasteiger partial charge >= 0.3 is 0 Å². The summed E-state index contributed by atoms with van der Waals surface area (Å²) in [5.41, 5.74) is 8.25. The number of hydrogen-bond acceptors (Lipinski definition) is 2. The van der Waals surface area contributed by atoms with Gasteiger partial charge in [0.05, 0.1) is 12.1 Å². The van der Waals surface area contributed by atoms with Gasteiger partial charge in [0, 0.05) is 0 Å². The quantitative estimate of drug-likeness (QED) is 0.803. The molecule has 0 bridgehead atoms. The highest BCUT2D eigenvalue weighted by Crippen LogP contribution is 2.20. The second-order valence-corrected chi connectivity index (χ2v) is 4.98. The first-order valence-electron chi connectivity index (χ1n) is 6.01. The van der Waals surface area contributed by atoms with Gasteiger partial charge in [0.2, 0.25) is 0 Å². The van der Waals surface area contributed by atoms with Gasteiger partial charge in [-0.15, -0.1) is 0 Å². The van der Waals surface area contributed by atoms with Crippen molar-refractivity contribution in [3.63, 3.8) is 0 Å². The number of rotatable bonds is 5. The van der Waals surface area contributed by atoms with Gasteiger partial charge in [0.25, 0.3) is 0 Å². The molecule has 0 saturated heterocycles. The summed E-state index contributed by atoms with van der Waals surface area (Å²) in [7, 11) is 0. The van der Waals surface area contributed by atoms with E-state index in [0.29, 0.717) is 5.92 Å². The zero-order chi connectivity index (χ0) is 12.1. The SMILES string of the molecule is Cc1cccc([C@H](N)[C@H](O)CCC(C)C)c1. The molecule has 90 valence electrons. The Balaban J connectivity index is 2.59. The van der Waals surface area contributed by atoms with Crippen LogP contribution in [0.15, 0.2) is 24.3 Å². The average Bonchev–Trinajstić information content (AvgIpc) is 2.24. The first-order chi connectivity index (χ1) is 7.50. The third-order valence-corrected chi connectivity index (χ3v) is 2.88. The minimum atomic E-state index is -0.441. The van der Waals surface area contributed by atoms with E-state index < -0.39 is 6.10 Å². The molecule has 2 atom stereocenters. The van der Waals surface area contributed by atoms with Crippen LogP contribution in [-0.4, -0.2) is 11.2 Å². The summed E-state index contributed by atoms with van der Waals surface area (Å²) in [4.78, 5) is 0. The second kappa shape index (κ2) is 6.02. The Kier molecular flexibility index (Phi) is 4.97. The number of nitrogens with two attached hydrogens (primary N) is 1. The van der Waals surface area contributed by atoms with Gasteiger partial charge in [0.15, 0.2) is 0 Å². The Labute approximate surface area is 98.5 Å². The maximum atomic E-state index is 9.99. The van der Waals surface area contributed by atoms with Crippen molar-refractivity contribution in [3.8, 4) is 0 Å². The smallest absolute Gasteiger partial charge is 0.0732 e. The van der Waals surface area contributed by atoms with E-state index in [2.05, 4.69) is 13.8 Å². The fourth-order valence-corrected chi connectivity index (χ4v) is 1.78. The molecule has 0 aliphatic heterocycles. The van der Waals surface area contributed by atoms with Crippen molar-refractivity contribution in [1.82, 2.24) is 0 Å². The molecule has 1 aromatic rings. The minimum Gasteiger partial charge on any atom is -0.391 e. The summed E-state index contributed by atoms with van der Waals surface area (Å²) in [5.74, 6) is 0.611. The van der Waals surface area contributed by atoms with E-state index in [4.69, 9.17) is 5.73 Å². The summed E-state index contributed by atoms with van der Waals surface area (Å²) >= 11 is 0. The molecule has 2 nitrogen and oxygen atoms in total. The van der Waals surface area contributed by atoms with E-state index in [9.17, 15) is 5.11 Å². The molecule has 3 N–H and O–H groups in total. The Morgan fingerprint density at radius 2 is 1.94 bits per heavy atom. The van der Waals surface area contributed by atoms with E-state index >= 15 is 0 Å². The normalized spacial score (nSPS) is 15.1. The van der Waals surface area contributed by atoms with Gasteiger partial charge in [-0.25, -0.2) is 0 Å². The van der Waals surface area contributed by atoms with Crippen molar-refractivity contribution in [2.75, 3.05) is 0 Å².